The Balaban J connectivity index is 2.44. The maximum Gasteiger partial charge on any atom is 0.0100 e. The molecule has 0 aliphatic heterocycles. The third-order valence-corrected chi connectivity index (χ3v) is 2.87. The van der Waals surface area contributed by atoms with E-state index in [0.29, 0.717) is 0 Å². The fraction of sp³-hybridized carbons (Fsp3) is 0.600. The second-order valence-electron chi connectivity index (χ2n) is 4.00. The second kappa shape index (κ2) is 3.58. The summed E-state index contributed by atoms with van der Waals surface area (Å²) in [4.78, 5) is 2.84. The average Bonchev–Trinajstić information content (AvgIpc) is 2.30. The first-order valence-electron chi connectivity index (χ1n) is 4.31. The SMILES string of the molecule is Cc1ccc(CCC(C)(C)N)s1. The van der Waals surface area contributed by atoms with Gasteiger partial charge in [0.1, 0.15) is 0 Å². The number of rotatable bonds is 3. The van der Waals surface area contributed by atoms with Crippen molar-refractivity contribution in [3.63, 3.8) is 0 Å². The van der Waals surface area contributed by atoms with Crippen LogP contribution in [0.5, 0.6) is 0 Å². The maximum atomic E-state index is 5.89. The molecule has 1 heterocycles. The first kappa shape index (κ1) is 9.75. The zero-order chi connectivity index (χ0) is 9.19. The third-order valence-electron chi connectivity index (χ3n) is 1.81. The molecular formula is C10H17NS. The monoisotopic (exact) mass is 183 g/mol. The van der Waals surface area contributed by atoms with Crippen LogP contribution in [0.4, 0.5) is 0 Å². The van der Waals surface area contributed by atoms with Gasteiger partial charge in [0.15, 0.2) is 0 Å². The fourth-order valence-corrected chi connectivity index (χ4v) is 1.95. The van der Waals surface area contributed by atoms with Crippen LogP contribution in [0.25, 0.3) is 0 Å². The molecule has 1 aromatic heterocycles. The Hall–Kier alpha value is -0.340. The van der Waals surface area contributed by atoms with Gasteiger partial charge in [0, 0.05) is 15.3 Å². The lowest BCUT2D eigenvalue weighted by molar-refractivity contribution is 0.478. The summed E-state index contributed by atoms with van der Waals surface area (Å²) in [6, 6.07) is 4.37. The molecule has 1 nitrogen and oxygen atoms in total. The molecule has 2 heteroatoms. The molecule has 12 heavy (non-hydrogen) atoms. The number of hydrogen-bond donors (Lipinski definition) is 1. The molecule has 0 aliphatic rings. The standard InChI is InChI=1S/C10H17NS/c1-8-4-5-9(12-8)6-7-10(2,3)11/h4-5H,6-7,11H2,1-3H3. The highest BCUT2D eigenvalue weighted by Crippen LogP contribution is 2.18. The van der Waals surface area contributed by atoms with E-state index < -0.39 is 0 Å². The van der Waals surface area contributed by atoms with Gasteiger partial charge in [-0.2, -0.15) is 0 Å². The highest BCUT2D eigenvalue weighted by molar-refractivity contribution is 7.11. The molecule has 68 valence electrons. The Morgan fingerprint density at radius 3 is 2.50 bits per heavy atom. The summed E-state index contributed by atoms with van der Waals surface area (Å²) in [6.45, 7) is 6.29. The summed E-state index contributed by atoms with van der Waals surface area (Å²) in [5.74, 6) is 0. The Labute approximate surface area is 78.6 Å². The minimum Gasteiger partial charge on any atom is -0.326 e. The van der Waals surface area contributed by atoms with Crippen LogP contribution in [0.2, 0.25) is 0 Å². The average molecular weight is 183 g/mol. The molecule has 0 aromatic carbocycles. The molecule has 2 N–H and O–H groups in total. The van der Waals surface area contributed by atoms with Crippen LogP contribution < -0.4 is 5.73 Å². The van der Waals surface area contributed by atoms with Crippen molar-refractivity contribution >= 4 is 11.3 Å². The van der Waals surface area contributed by atoms with Crippen molar-refractivity contribution in [3.05, 3.63) is 21.9 Å². The van der Waals surface area contributed by atoms with Crippen molar-refractivity contribution in [2.24, 2.45) is 5.73 Å². The van der Waals surface area contributed by atoms with Gasteiger partial charge in [-0.05, 0) is 45.7 Å². The van der Waals surface area contributed by atoms with E-state index in [0.717, 1.165) is 12.8 Å². The minimum atomic E-state index is -0.0299. The summed E-state index contributed by atoms with van der Waals surface area (Å²) < 4.78 is 0. The van der Waals surface area contributed by atoms with Crippen molar-refractivity contribution in [2.45, 2.75) is 39.2 Å². The van der Waals surface area contributed by atoms with E-state index in [2.05, 4.69) is 32.9 Å². The van der Waals surface area contributed by atoms with E-state index in [1.165, 1.54) is 9.75 Å². The van der Waals surface area contributed by atoms with E-state index in [1.54, 1.807) is 0 Å². The van der Waals surface area contributed by atoms with Crippen molar-refractivity contribution in [2.75, 3.05) is 0 Å². The molecule has 0 aliphatic carbocycles. The van der Waals surface area contributed by atoms with Crippen molar-refractivity contribution in [1.29, 1.82) is 0 Å². The number of aryl methyl sites for hydroxylation is 2. The van der Waals surface area contributed by atoms with E-state index in [4.69, 9.17) is 5.73 Å². The predicted octanol–water partition coefficient (Wildman–Crippen LogP) is 2.73. The summed E-state index contributed by atoms with van der Waals surface area (Å²) in [5, 5.41) is 0. The molecule has 0 unspecified atom stereocenters. The van der Waals surface area contributed by atoms with Crippen LogP contribution in [0.15, 0.2) is 12.1 Å². The number of nitrogens with two attached hydrogens (primary N) is 1. The lowest BCUT2D eigenvalue weighted by atomic mass is 10.00. The Morgan fingerprint density at radius 2 is 2.08 bits per heavy atom. The van der Waals surface area contributed by atoms with Crippen LogP contribution >= 0.6 is 11.3 Å². The molecule has 0 spiro atoms. The fourth-order valence-electron chi connectivity index (χ4n) is 1.06. The van der Waals surface area contributed by atoms with Crippen LogP contribution in [-0.4, -0.2) is 5.54 Å². The van der Waals surface area contributed by atoms with E-state index >= 15 is 0 Å². The van der Waals surface area contributed by atoms with Crippen LogP contribution in [0.1, 0.15) is 30.0 Å². The Bertz CT molecular complexity index is 245. The van der Waals surface area contributed by atoms with Crippen LogP contribution in [-0.2, 0) is 6.42 Å². The summed E-state index contributed by atoms with van der Waals surface area (Å²) in [5.41, 5.74) is 5.86. The van der Waals surface area contributed by atoms with Crippen molar-refractivity contribution in [3.8, 4) is 0 Å². The van der Waals surface area contributed by atoms with Gasteiger partial charge in [0.05, 0.1) is 0 Å². The first-order chi connectivity index (χ1) is 5.47. The van der Waals surface area contributed by atoms with Crippen molar-refractivity contribution < 1.29 is 0 Å². The predicted molar refractivity (Wildman–Crippen MR) is 55.6 cm³/mol. The van der Waals surface area contributed by atoms with E-state index in [9.17, 15) is 0 Å². The topological polar surface area (TPSA) is 26.0 Å². The van der Waals surface area contributed by atoms with Crippen LogP contribution in [0.3, 0.4) is 0 Å². The molecule has 1 rings (SSSR count). The molecule has 0 saturated carbocycles. The molecule has 0 saturated heterocycles. The smallest absolute Gasteiger partial charge is 0.0100 e. The largest absolute Gasteiger partial charge is 0.326 e. The molecule has 0 radical (unpaired) electrons. The van der Waals surface area contributed by atoms with Gasteiger partial charge in [0.25, 0.3) is 0 Å². The lowest BCUT2D eigenvalue weighted by Crippen LogP contribution is -2.32. The quantitative estimate of drug-likeness (QED) is 0.766. The van der Waals surface area contributed by atoms with Gasteiger partial charge in [-0.15, -0.1) is 11.3 Å². The highest BCUT2D eigenvalue weighted by atomic mass is 32.1. The van der Waals surface area contributed by atoms with Gasteiger partial charge in [-0.1, -0.05) is 0 Å². The first-order valence-corrected chi connectivity index (χ1v) is 5.13. The van der Waals surface area contributed by atoms with Gasteiger partial charge >= 0.3 is 0 Å². The normalized spacial score (nSPS) is 12.0. The molecule has 0 atom stereocenters. The lowest BCUT2D eigenvalue weighted by Gasteiger charge is -2.17. The molecule has 0 amide bonds. The highest BCUT2D eigenvalue weighted by Gasteiger charge is 2.10. The zero-order valence-electron chi connectivity index (χ0n) is 8.05. The Kier molecular flexibility index (Phi) is 2.91. The van der Waals surface area contributed by atoms with Gasteiger partial charge in [-0.3, -0.25) is 0 Å². The molecule has 0 bridgehead atoms. The summed E-state index contributed by atoms with van der Waals surface area (Å²) in [7, 11) is 0. The van der Waals surface area contributed by atoms with Crippen LogP contribution in [0, 0.1) is 6.92 Å². The maximum absolute atomic E-state index is 5.89. The molecule has 1 aromatic rings. The van der Waals surface area contributed by atoms with Crippen molar-refractivity contribution in [1.82, 2.24) is 0 Å². The minimum absolute atomic E-state index is 0.0299. The number of thiophene rings is 1. The molecular weight excluding hydrogens is 166 g/mol. The van der Waals surface area contributed by atoms with Gasteiger partial charge in [-0.25, -0.2) is 0 Å². The zero-order valence-corrected chi connectivity index (χ0v) is 8.87. The molecule has 0 fully saturated rings. The van der Waals surface area contributed by atoms with E-state index in [1.807, 2.05) is 11.3 Å². The third kappa shape index (κ3) is 3.37. The summed E-state index contributed by atoms with van der Waals surface area (Å²) >= 11 is 1.87. The Morgan fingerprint density at radius 1 is 1.42 bits per heavy atom. The number of hydrogen-bond acceptors (Lipinski definition) is 2. The van der Waals surface area contributed by atoms with Gasteiger partial charge < -0.3 is 5.73 Å². The van der Waals surface area contributed by atoms with Gasteiger partial charge in [0.2, 0.25) is 0 Å². The van der Waals surface area contributed by atoms with E-state index in [-0.39, 0.29) is 5.54 Å². The second-order valence-corrected chi connectivity index (χ2v) is 5.37. The summed E-state index contributed by atoms with van der Waals surface area (Å²) in [6.07, 6.45) is 2.18.